The number of fused-ring (bicyclic) bond motifs is 1. The number of nitrogens with one attached hydrogen (secondary N) is 1. The van der Waals surface area contributed by atoms with Gasteiger partial charge >= 0.3 is 12.0 Å². The number of benzene rings is 2. The number of urea groups is 1. The summed E-state index contributed by atoms with van der Waals surface area (Å²) in [5.74, 6) is -1.52. The number of amides is 2. The highest BCUT2D eigenvalue weighted by Gasteiger charge is 2.52. The van der Waals surface area contributed by atoms with E-state index < -0.39 is 17.7 Å². The Hall–Kier alpha value is -2.86. The third kappa shape index (κ3) is 1.85. The predicted octanol–water partition coefficient (Wildman–Crippen LogP) is 1.97. The molecular weight excluding hydrogens is 272 g/mol. The molecule has 1 atom stereocenters. The van der Waals surface area contributed by atoms with Crippen LogP contribution in [0.4, 0.5) is 16.2 Å². The molecule has 0 saturated carbocycles. The molecule has 0 aromatic heterocycles. The summed E-state index contributed by atoms with van der Waals surface area (Å²) in [6.07, 6.45) is 0. The second-order valence-electron chi connectivity index (χ2n) is 4.62. The first kappa shape index (κ1) is 13.1. The lowest BCUT2D eigenvalue weighted by Crippen LogP contribution is -2.59. The van der Waals surface area contributed by atoms with Gasteiger partial charge in [-0.05, 0) is 18.2 Å². The summed E-state index contributed by atoms with van der Waals surface area (Å²) >= 11 is 0. The molecule has 0 saturated heterocycles. The van der Waals surface area contributed by atoms with Crippen LogP contribution in [0, 0.1) is 0 Å². The van der Waals surface area contributed by atoms with E-state index in [-0.39, 0.29) is 16.9 Å². The van der Waals surface area contributed by atoms with Crippen molar-refractivity contribution in [1.29, 1.82) is 0 Å². The number of hydrogen-bond donors (Lipinski definition) is 3. The van der Waals surface area contributed by atoms with Crippen molar-refractivity contribution in [2.24, 2.45) is 0 Å². The van der Waals surface area contributed by atoms with Crippen LogP contribution < -0.4 is 10.2 Å². The summed E-state index contributed by atoms with van der Waals surface area (Å²) in [6.45, 7) is 0. The number of carboxylic acids is 1. The summed E-state index contributed by atoms with van der Waals surface area (Å²) in [4.78, 5) is 24.8. The molecular formula is C15H12N2O4. The highest BCUT2D eigenvalue weighted by atomic mass is 16.4. The van der Waals surface area contributed by atoms with E-state index in [0.717, 1.165) is 4.90 Å². The highest BCUT2D eigenvalue weighted by Crippen LogP contribution is 2.39. The number of aliphatic carboxylic acids is 1. The van der Waals surface area contributed by atoms with Crippen molar-refractivity contribution >= 4 is 23.4 Å². The molecule has 1 aliphatic heterocycles. The maximum absolute atomic E-state index is 12.3. The average molecular weight is 284 g/mol. The van der Waals surface area contributed by atoms with Crippen molar-refractivity contribution in [3.8, 4) is 0 Å². The minimum absolute atomic E-state index is 0.112. The van der Waals surface area contributed by atoms with Crippen LogP contribution in [0.2, 0.25) is 0 Å². The molecule has 0 spiro atoms. The Kier molecular flexibility index (Phi) is 2.88. The van der Waals surface area contributed by atoms with Gasteiger partial charge in [0.1, 0.15) is 0 Å². The number of hydrogen-bond acceptors (Lipinski definition) is 3. The van der Waals surface area contributed by atoms with E-state index in [2.05, 4.69) is 5.32 Å². The highest BCUT2D eigenvalue weighted by molar-refractivity contribution is 6.10. The maximum atomic E-state index is 12.3. The average Bonchev–Trinajstić information content (AvgIpc) is 2.48. The zero-order chi connectivity index (χ0) is 15.0. The lowest BCUT2D eigenvalue weighted by molar-refractivity contribution is -0.158. The van der Waals surface area contributed by atoms with E-state index in [0.29, 0.717) is 0 Å². The van der Waals surface area contributed by atoms with Crippen molar-refractivity contribution in [1.82, 2.24) is 0 Å². The van der Waals surface area contributed by atoms with Gasteiger partial charge in [-0.2, -0.15) is 0 Å². The molecule has 1 heterocycles. The molecule has 0 aliphatic carbocycles. The van der Waals surface area contributed by atoms with Gasteiger partial charge in [0.25, 0.3) is 5.72 Å². The second-order valence-corrected chi connectivity index (χ2v) is 4.62. The first-order chi connectivity index (χ1) is 10.0. The number of carboxylic acid groups (broad SMARTS) is 1. The molecule has 106 valence electrons. The smallest absolute Gasteiger partial charge is 0.363 e. The molecule has 21 heavy (non-hydrogen) atoms. The number of carbonyl (C=O) groups excluding carboxylic acids is 1. The summed E-state index contributed by atoms with van der Waals surface area (Å²) in [5, 5.41) is 22.9. The molecule has 0 unspecified atom stereocenters. The van der Waals surface area contributed by atoms with Gasteiger partial charge in [0.2, 0.25) is 0 Å². The third-order valence-corrected chi connectivity index (χ3v) is 3.38. The number of nitrogens with zero attached hydrogens (tertiary/aromatic N) is 1. The Bertz CT molecular complexity index is 717. The standard InChI is InChI=1S/C15H12N2O4/c18-13(19)15(21)11-8-4-5-9-12(11)16-14(20)17(15)10-6-2-1-3-7-10/h1-9,21H,(H,16,20)(H,18,19)/t15-/m0/s1. The molecule has 1 aliphatic rings. The van der Waals surface area contributed by atoms with Crippen molar-refractivity contribution in [3.05, 3.63) is 60.2 Å². The van der Waals surface area contributed by atoms with Crippen molar-refractivity contribution in [3.63, 3.8) is 0 Å². The van der Waals surface area contributed by atoms with Gasteiger partial charge in [-0.1, -0.05) is 36.4 Å². The van der Waals surface area contributed by atoms with Crippen LogP contribution in [-0.4, -0.2) is 22.2 Å². The first-order valence-corrected chi connectivity index (χ1v) is 6.26. The molecule has 0 fully saturated rings. The molecule has 0 radical (unpaired) electrons. The fourth-order valence-electron chi connectivity index (χ4n) is 2.43. The van der Waals surface area contributed by atoms with Crippen LogP contribution in [0.3, 0.4) is 0 Å². The van der Waals surface area contributed by atoms with Crippen LogP contribution in [0.25, 0.3) is 0 Å². The number of carbonyl (C=O) groups is 2. The molecule has 3 N–H and O–H groups in total. The lowest BCUT2D eigenvalue weighted by atomic mass is 9.96. The SMILES string of the molecule is O=C1Nc2ccccc2[C@](O)(C(=O)O)N1c1ccccc1. The Labute approximate surface area is 120 Å². The Balaban J connectivity index is 2.25. The van der Waals surface area contributed by atoms with Crippen LogP contribution in [-0.2, 0) is 10.5 Å². The van der Waals surface area contributed by atoms with Crippen molar-refractivity contribution < 1.29 is 19.8 Å². The van der Waals surface area contributed by atoms with E-state index in [1.807, 2.05) is 0 Å². The normalized spacial score (nSPS) is 20.6. The number of rotatable bonds is 2. The van der Waals surface area contributed by atoms with Crippen LogP contribution in [0.5, 0.6) is 0 Å². The molecule has 2 aromatic rings. The van der Waals surface area contributed by atoms with Gasteiger partial charge in [0.15, 0.2) is 0 Å². The summed E-state index contributed by atoms with van der Waals surface area (Å²) < 4.78 is 0. The van der Waals surface area contributed by atoms with Gasteiger partial charge in [0, 0.05) is 11.3 Å². The van der Waals surface area contributed by atoms with Crippen LogP contribution >= 0.6 is 0 Å². The number of aliphatic hydroxyl groups is 1. The zero-order valence-electron chi connectivity index (χ0n) is 10.9. The lowest BCUT2D eigenvalue weighted by Gasteiger charge is -2.40. The molecule has 3 rings (SSSR count). The molecule has 0 bridgehead atoms. The van der Waals surface area contributed by atoms with E-state index in [1.165, 1.54) is 6.07 Å². The monoisotopic (exact) mass is 284 g/mol. The fourth-order valence-corrected chi connectivity index (χ4v) is 2.43. The van der Waals surface area contributed by atoms with Crippen molar-refractivity contribution in [2.45, 2.75) is 5.72 Å². The van der Waals surface area contributed by atoms with E-state index >= 15 is 0 Å². The summed E-state index contributed by atoms with van der Waals surface area (Å²) in [6, 6.07) is 13.7. The number of para-hydroxylation sites is 2. The topological polar surface area (TPSA) is 89.9 Å². The number of anilines is 2. The van der Waals surface area contributed by atoms with E-state index in [9.17, 15) is 19.8 Å². The summed E-state index contributed by atoms with van der Waals surface area (Å²) in [5.41, 5.74) is -1.78. The van der Waals surface area contributed by atoms with Crippen LogP contribution in [0.1, 0.15) is 5.56 Å². The Morgan fingerprint density at radius 2 is 1.67 bits per heavy atom. The van der Waals surface area contributed by atoms with Crippen LogP contribution in [0.15, 0.2) is 54.6 Å². The van der Waals surface area contributed by atoms with Gasteiger partial charge in [-0.25, -0.2) is 9.59 Å². The van der Waals surface area contributed by atoms with Gasteiger partial charge in [0.05, 0.1) is 5.69 Å². The van der Waals surface area contributed by atoms with E-state index in [4.69, 9.17) is 0 Å². The largest absolute Gasteiger partial charge is 0.477 e. The Morgan fingerprint density at radius 1 is 1.05 bits per heavy atom. The van der Waals surface area contributed by atoms with E-state index in [1.54, 1.807) is 48.5 Å². The molecule has 6 heteroatoms. The predicted molar refractivity (Wildman–Crippen MR) is 75.9 cm³/mol. The van der Waals surface area contributed by atoms with Gasteiger partial charge < -0.3 is 15.5 Å². The molecule has 2 aromatic carbocycles. The van der Waals surface area contributed by atoms with Crippen molar-refractivity contribution in [2.75, 3.05) is 10.2 Å². The second kappa shape index (κ2) is 4.60. The first-order valence-electron chi connectivity index (χ1n) is 6.26. The maximum Gasteiger partial charge on any atom is 0.363 e. The molecule has 6 nitrogen and oxygen atoms in total. The fraction of sp³-hybridized carbons (Fsp3) is 0.0667. The zero-order valence-corrected chi connectivity index (χ0v) is 10.9. The quantitative estimate of drug-likeness (QED) is 0.786. The summed E-state index contributed by atoms with van der Waals surface area (Å²) in [7, 11) is 0. The molecule has 2 amide bonds. The minimum atomic E-state index is -2.46. The van der Waals surface area contributed by atoms with Gasteiger partial charge in [-0.15, -0.1) is 0 Å². The third-order valence-electron chi connectivity index (χ3n) is 3.38. The van der Waals surface area contributed by atoms with Gasteiger partial charge in [-0.3, -0.25) is 4.90 Å². The Morgan fingerprint density at radius 3 is 2.33 bits per heavy atom. The minimum Gasteiger partial charge on any atom is -0.477 e.